The fraction of sp³-hybridized carbons (Fsp3) is 0.133. The molecule has 0 saturated heterocycles. The van der Waals surface area contributed by atoms with Crippen LogP contribution in [0.4, 0.5) is 0 Å². The molecule has 20 heavy (non-hydrogen) atoms. The fourth-order valence-corrected chi connectivity index (χ4v) is 1.83. The minimum Gasteiger partial charge on any atom is -0.496 e. The lowest BCUT2D eigenvalue weighted by molar-refractivity contribution is 0.0693. The highest BCUT2D eigenvalue weighted by atomic mass is 35.5. The Bertz CT molecular complexity index is 608. The third-order valence-corrected chi connectivity index (χ3v) is 2.97. The van der Waals surface area contributed by atoms with Gasteiger partial charge in [0.1, 0.15) is 23.7 Å². The first kappa shape index (κ1) is 14.2. The van der Waals surface area contributed by atoms with Crippen molar-refractivity contribution in [3.05, 3.63) is 58.6 Å². The van der Waals surface area contributed by atoms with Crippen LogP contribution in [0.2, 0.25) is 5.02 Å². The standard InChI is InChI=1S/C15H13ClO4/c1-19-14-8-10(2-7-13(14)15(17)18)9-20-12-5-3-11(16)4-6-12/h2-8H,9H2,1H3,(H,17,18). The summed E-state index contributed by atoms with van der Waals surface area (Å²) in [6.45, 7) is 0.317. The molecule has 5 heteroatoms. The van der Waals surface area contributed by atoms with E-state index in [0.29, 0.717) is 23.1 Å². The van der Waals surface area contributed by atoms with Crippen LogP contribution in [0.15, 0.2) is 42.5 Å². The SMILES string of the molecule is COc1cc(COc2ccc(Cl)cc2)ccc1C(=O)O. The van der Waals surface area contributed by atoms with Crippen molar-refractivity contribution in [1.82, 2.24) is 0 Å². The summed E-state index contributed by atoms with van der Waals surface area (Å²) in [7, 11) is 1.44. The summed E-state index contributed by atoms with van der Waals surface area (Å²) in [5.74, 6) is -0.0163. The lowest BCUT2D eigenvalue weighted by Crippen LogP contribution is -2.02. The number of benzene rings is 2. The van der Waals surface area contributed by atoms with Crippen molar-refractivity contribution in [1.29, 1.82) is 0 Å². The highest BCUT2D eigenvalue weighted by Gasteiger charge is 2.11. The molecule has 0 aliphatic rings. The molecule has 2 aromatic rings. The Balaban J connectivity index is 2.10. The number of carboxylic acids is 1. The van der Waals surface area contributed by atoms with Gasteiger partial charge in [0.15, 0.2) is 0 Å². The lowest BCUT2D eigenvalue weighted by atomic mass is 10.1. The Kier molecular flexibility index (Phi) is 4.48. The van der Waals surface area contributed by atoms with Crippen LogP contribution in [0, 0.1) is 0 Å². The third-order valence-electron chi connectivity index (χ3n) is 2.72. The maximum Gasteiger partial charge on any atom is 0.339 e. The van der Waals surface area contributed by atoms with Gasteiger partial charge in [-0.1, -0.05) is 17.7 Å². The average Bonchev–Trinajstić information content (AvgIpc) is 2.46. The van der Waals surface area contributed by atoms with E-state index < -0.39 is 5.97 Å². The Morgan fingerprint density at radius 3 is 2.50 bits per heavy atom. The van der Waals surface area contributed by atoms with E-state index in [0.717, 1.165) is 5.56 Å². The van der Waals surface area contributed by atoms with E-state index in [-0.39, 0.29) is 5.56 Å². The predicted molar refractivity (Wildman–Crippen MR) is 75.7 cm³/mol. The summed E-state index contributed by atoms with van der Waals surface area (Å²) in [5.41, 5.74) is 0.949. The topological polar surface area (TPSA) is 55.8 Å². The van der Waals surface area contributed by atoms with Gasteiger partial charge in [-0.15, -0.1) is 0 Å². The zero-order chi connectivity index (χ0) is 14.5. The highest BCUT2D eigenvalue weighted by Crippen LogP contribution is 2.22. The zero-order valence-corrected chi connectivity index (χ0v) is 11.6. The maximum absolute atomic E-state index is 11.0. The second-order valence-corrected chi connectivity index (χ2v) is 4.52. The highest BCUT2D eigenvalue weighted by molar-refractivity contribution is 6.30. The van der Waals surface area contributed by atoms with Crippen LogP contribution in [0.5, 0.6) is 11.5 Å². The van der Waals surface area contributed by atoms with Crippen LogP contribution in [0.25, 0.3) is 0 Å². The number of hydrogen-bond acceptors (Lipinski definition) is 3. The number of carboxylic acid groups (broad SMARTS) is 1. The van der Waals surface area contributed by atoms with E-state index >= 15 is 0 Å². The van der Waals surface area contributed by atoms with Gasteiger partial charge in [0.2, 0.25) is 0 Å². The molecule has 0 bridgehead atoms. The normalized spacial score (nSPS) is 10.1. The molecule has 0 unspecified atom stereocenters. The predicted octanol–water partition coefficient (Wildman–Crippen LogP) is 3.63. The van der Waals surface area contributed by atoms with Crippen molar-refractivity contribution < 1.29 is 19.4 Å². The minimum absolute atomic E-state index is 0.128. The van der Waals surface area contributed by atoms with Crippen LogP contribution in [-0.4, -0.2) is 18.2 Å². The number of ether oxygens (including phenoxy) is 2. The fourth-order valence-electron chi connectivity index (χ4n) is 1.70. The lowest BCUT2D eigenvalue weighted by Gasteiger charge is -2.09. The Morgan fingerprint density at radius 2 is 1.90 bits per heavy atom. The smallest absolute Gasteiger partial charge is 0.339 e. The van der Waals surface area contributed by atoms with Gasteiger partial charge in [-0.3, -0.25) is 0 Å². The average molecular weight is 293 g/mol. The molecule has 0 saturated carbocycles. The molecule has 0 amide bonds. The molecule has 0 atom stereocenters. The summed E-state index contributed by atoms with van der Waals surface area (Å²) < 4.78 is 10.6. The number of rotatable bonds is 5. The van der Waals surface area contributed by atoms with Gasteiger partial charge < -0.3 is 14.6 Å². The van der Waals surface area contributed by atoms with Gasteiger partial charge in [-0.2, -0.15) is 0 Å². The monoisotopic (exact) mass is 292 g/mol. The number of carbonyl (C=O) groups is 1. The third kappa shape index (κ3) is 3.42. The molecule has 0 fully saturated rings. The molecule has 0 aliphatic heterocycles. The van der Waals surface area contributed by atoms with E-state index in [1.165, 1.54) is 13.2 Å². The summed E-state index contributed by atoms with van der Waals surface area (Å²) in [6, 6.07) is 11.9. The Labute approximate surface area is 121 Å². The second-order valence-electron chi connectivity index (χ2n) is 4.08. The molecule has 0 radical (unpaired) electrons. The summed E-state index contributed by atoms with van der Waals surface area (Å²) in [4.78, 5) is 11.0. The van der Waals surface area contributed by atoms with Crippen molar-refractivity contribution in [2.75, 3.05) is 7.11 Å². The van der Waals surface area contributed by atoms with Crippen molar-refractivity contribution in [2.24, 2.45) is 0 Å². The van der Waals surface area contributed by atoms with E-state index in [1.54, 1.807) is 36.4 Å². The first-order valence-electron chi connectivity index (χ1n) is 5.88. The van der Waals surface area contributed by atoms with E-state index in [9.17, 15) is 4.79 Å². The molecule has 2 aromatic carbocycles. The molecule has 0 spiro atoms. The summed E-state index contributed by atoms with van der Waals surface area (Å²) >= 11 is 5.79. The van der Waals surface area contributed by atoms with Gasteiger partial charge >= 0.3 is 5.97 Å². The van der Waals surface area contributed by atoms with Gasteiger partial charge in [0.05, 0.1) is 7.11 Å². The van der Waals surface area contributed by atoms with Gasteiger partial charge in [-0.25, -0.2) is 4.79 Å². The molecule has 4 nitrogen and oxygen atoms in total. The number of methoxy groups -OCH3 is 1. The largest absolute Gasteiger partial charge is 0.496 e. The van der Waals surface area contributed by atoms with Crippen LogP contribution < -0.4 is 9.47 Å². The number of halogens is 1. The first-order chi connectivity index (χ1) is 9.60. The van der Waals surface area contributed by atoms with Gasteiger partial charge in [0, 0.05) is 5.02 Å². The van der Waals surface area contributed by atoms with Crippen molar-refractivity contribution >= 4 is 17.6 Å². The van der Waals surface area contributed by atoms with Gasteiger partial charge in [0.25, 0.3) is 0 Å². The van der Waals surface area contributed by atoms with Crippen molar-refractivity contribution in [2.45, 2.75) is 6.61 Å². The van der Waals surface area contributed by atoms with E-state index in [2.05, 4.69) is 0 Å². The van der Waals surface area contributed by atoms with Crippen LogP contribution in [-0.2, 0) is 6.61 Å². The van der Waals surface area contributed by atoms with Crippen molar-refractivity contribution in [3.63, 3.8) is 0 Å². The molecule has 0 aromatic heterocycles. The molecule has 0 heterocycles. The maximum atomic E-state index is 11.0. The molecule has 2 rings (SSSR count). The van der Waals surface area contributed by atoms with Crippen molar-refractivity contribution in [3.8, 4) is 11.5 Å². The molecule has 0 aliphatic carbocycles. The summed E-state index contributed by atoms with van der Waals surface area (Å²) in [5, 5.41) is 9.64. The Morgan fingerprint density at radius 1 is 1.20 bits per heavy atom. The number of hydrogen-bond donors (Lipinski definition) is 1. The van der Waals surface area contributed by atoms with Crippen LogP contribution in [0.3, 0.4) is 0 Å². The molecule has 104 valence electrons. The first-order valence-corrected chi connectivity index (χ1v) is 6.26. The molecular formula is C15H13ClO4. The second kappa shape index (κ2) is 6.30. The zero-order valence-electron chi connectivity index (χ0n) is 10.8. The van der Waals surface area contributed by atoms with E-state index in [1.807, 2.05) is 0 Å². The van der Waals surface area contributed by atoms with Crippen LogP contribution >= 0.6 is 11.6 Å². The number of aromatic carboxylic acids is 1. The molecular weight excluding hydrogens is 280 g/mol. The summed E-state index contributed by atoms with van der Waals surface area (Å²) in [6.07, 6.45) is 0. The van der Waals surface area contributed by atoms with E-state index in [4.69, 9.17) is 26.2 Å². The minimum atomic E-state index is -1.02. The van der Waals surface area contributed by atoms with Crippen LogP contribution in [0.1, 0.15) is 15.9 Å². The Hall–Kier alpha value is -2.20. The van der Waals surface area contributed by atoms with Gasteiger partial charge in [-0.05, 0) is 42.0 Å². The quantitative estimate of drug-likeness (QED) is 0.914. The molecule has 1 N–H and O–H groups in total.